The van der Waals surface area contributed by atoms with Crippen LogP contribution >= 0.6 is 0 Å². The molecule has 1 fully saturated rings. The van der Waals surface area contributed by atoms with Crippen LogP contribution in [0.1, 0.15) is 22.8 Å². The normalized spacial score (nSPS) is 20.9. The number of aromatic nitrogens is 2. The van der Waals surface area contributed by atoms with E-state index in [9.17, 15) is 18.8 Å². The van der Waals surface area contributed by atoms with E-state index < -0.39 is 11.8 Å². The lowest BCUT2D eigenvalue weighted by atomic mass is 10.2. The molecule has 1 aliphatic carbocycles. The summed E-state index contributed by atoms with van der Waals surface area (Å²) >= 11 is 0. The van der Waals surface area contributed by atoms with Crippen molar-refractivity contribution in [2.24, 2.45) is 17.6 Å². The molecule has 0 radical (unpaired) electrons. The van der Waals surface area contributed by atoms with Crippen molar-refractivity contribution in [3.05, 3.63) is 65.1 Å². The van der Waals surface area contributed by atoms with Gasteiger partial charge in [0.05, 0.1) is 25.0 Å². The number of benzene rings is 1. The van der Waals surface area contributed by atoms with E-state index in [0.29, 0.717) is 12.1 Å². The maximum atomic E-state index is 13.3. The fourth-order valence-corrected chi connectivity index (χ4v) is 3.39. The van der Waals surface area contributed by atoms with Crippen LogP contribution in [-0.4, -0.2) is 45.5 Å². The van der Waals surface area contributed by atoms with Gasteiger partial charge < -0.3 is 21.3 Å². The van der Waals surface area contributed by atoms with Gasteiger partial charge in [0.2, 0.25) is 0 Å². The Labute approximate surface area is 171 Å². The molecular formula is C20H21FN6O3. The van der Waals surface area contributed by atoms with Gasteiger partial charge >= 0.3 is 0 Å². The van der Waals surface area contributed by atoms with Gasteiger partial charge in [0, 0.05) is 24.6 Å². The van der Waals surface area contributed by atoms with E-state index in [2.05, 4.69) is 15.7 Å². The standard InChI is InChI=1S/C20H21FN6O3/c1-11-15(17(11)28)9-26-10-23-20(30)16(18(26)22)25-19(29)13-6-24-27(8-13)7-12-3-2-4-14(21)5-12/h2-6,8,11,15H,7,9-10,22H2,1H3,(H,23,30)(H,25,29). The lowest BCUT2D eigenvalue weighted by Crippen LogP contribution is -2.51. The van der Waals surface area contributed by atoms with Crippen molar-refractivity contribution < 1.29 is 18.8 Å². The van der Waals surface area contributed by atoms with E-state index >= 15 is 0 Å². The second kappa shape index (κ2) is 7.62. The second-order valence-corrected chi connectivity index (χ2v) is 7.45. The molecule has 2 atom stereocenters. The molecule has 2 amide bonds. The van der Waals surface area contributed by atoms with E-state index in [1.807, 2.05) is 6.92 Å². The number of hydrogen-bond donors (Lipinski definition) is 3. The average molecular weight is 412 g/mol. The summed E-state index contributed by atoms with van der Waals surface area (Å²) in [6, 6.07) is 6.09. The minimum Gasteiger partial charge on any atom is -0.383 e. The molecule has 156 valence electrons. The number of hydrogen-bond acceptors (Lipinski definition) is 6. The van der Waals surface area contributed by atoms with Crippen LogP contribution in [0.15, 0.2) is 48.2 Å². The predicted octanol–water partition coefficient (Wildman–Crippen LogP) is 0.152. The Morgan fingerprint density at radius 2 is 2.17 bits per heavy atom. The van der Waals surface area contributed by atoms with Gasteiger partial charge in [-0.15, -0.1) is 0 Å². The highest BCUT2D eigenvalue weighted by Gasteiger charge is 2.46. The Bertz CT molecular complexity index is 1060. The molecule has 2 aliphatic rings. The number of carbonyl (C=O) groups excluding carboxylic acids is 3. The molecule has 2 aromatic rings. The average Bonchev–Trinajstić information content (AvgIpc) is 3.07. The maximum absolute atomic E-state index is 13.3. The Morgan fingerprint density at radius 1 is 1.40 bits per heavy atom. The molecule has 1 aromatic heterocycles. The van der Waals surface area contributed by atoms with Gasteiger partial charge in [0.25, 0.3) is 11.8 Å². The number of Topliss-reactive ketones (excluding diaryl/α,β-unsaturated/α-hetero) is 1. The van der Waals surface area contributed by atoms with Crippen LogP contribution < -0.4 is 16.4 Å². The summed E-state index contributed by atoms with van der Waals surface area (Å²) in [5.41, 5.74) is 6.95. The quantitative estimate of drug-likeness (QED) is 0.621. The van der Waals surface area contributed by atoms with Crippen molar-refractivity contribution in [3.63, 3.8) is 0 Å². The Kier molecular flexibility index (Phi) is 4.98. The number of halogens is 1. The summed E-state index contributed by atoms with van der Waals surface area (Å²) in [4.78, 5) is 38.1. The van der Waals surface area contributed by atoms with E-state index in [4.69, 9.17) is 5.73 Å². The smallest absolute Gasteiger partial charge is 0.272 e. The van der Waals surface area contributed by atoms with Crippen molar-refractivity contribution >= 4 is 17.6 Å². The van der Waals surface area contributed by atoms with Crippen molar-refractivity contribution in [1.82, 2.24) is 25.3 Å². The van der Waals surface area contributed by atoms with Crippen LogP contribution in [-0.2, 0) is 16.1 Å². The number of amides is 2. The van der Waals surface area contributed by atoms with E-state index in [1.165, 1.54) is 29.2 Å². The Balaban J connectivity index is 1.45. The largest absolute Gasteiger partial charge is 0.383 e. The molecule has 0 saturated heterocycles. The number of nitrogens with zero attached hydrogens (tertiary/aromatic N) is 3. The third kappa shape index (κ3) is 3.88. The highest BCUT2D eigenvalue weighted by Crippen LogP contribution is 2.34. The summed E-state index contributed by atoms with van der Waals surface area (Å²) in [5.74, 6) is -1.25. The lowest BCUT2D eigenvalue weighted by Gasteiger charge is -2.31. The van der Waals surface area contributed by atoms with Crippen molar-refractivity contribution in [2.75, 3.05) is 13.2 Å². The minimum atomic E-state index is -0.550. The molecule has 2 unspecified atom stereocenters. The minimum absolute atomic E-state index is 0.0163. The van der Waals surface area contributed by atoms with Gasteiger partial charge in [-0.2, -0.15) is 5.10 Å². The molecule has 1 saturated carbocycles. The highest BCUT2D eigenvalue weighted by molar-refractivity contribution is 6.03. The zero-order valence-corrected chi connectivity index (χ0v) is 16.3. The molecule has 4 N–H and O–H groups in total. The zero-order valence-electron chi connectivity index (χ0n) is 16.3. The molecule has 0 spiro atoms. The van der Waals surface area contributed by atoms with Crippen molar-refractivity contribution in [1.29, 1.82) is 0 Å². The van der Waals surface area contributed by atoms with Crippen molar-refractivity contribution in [3.8, 4) is 0 Å². The topological polar surface area (TPSA) is 122 Å². The van der Waals surface area contributed by atoms with Crippen LogP contribution in [0.2, 0.25) is 0 Å². The van der Waals surface area contributed by atoms with Crippen LogP contribution in [0.3, 0.4) is 0 Å². The summed E-state index contributed by atoms with van der Waals surface area (Å²) in [6.07, 6.45) is 2.86. The molecule has 10 heteroatoms. The molecule has 4 rings (SSSR count). The Morgan fingerprint density at radius 3 is 2.87 bits per heavy atom. The molecule has 1 aliphatic heterocycles. The second-order valence-electron chi connectivity index (χ2n) is 7.45. The number of ketones is 1. The maximum Gasteiger partial charge on any atom is 0.272 e. The van der Waals surface area contributed by atoms with Gasteiger partial charge in [0.15, 0.2) is 0 Å². The molecule has 0 bridgehead atoms. The first-order chi connectivity index (χ1) is 14.3. The SMILES string of the molecule is CC1C(=O)C1CN1CNC(=O)C(NC(=O)c2cnn(Cc3cccc(F)c3)c2)=C1N. The van der Waals surface area contributed by atoms with Gasteiger partial charge in [0.1, 0.15) is 23.1 Å². The van der Waals surface area contributed by atoms with E-state index in [1.54, 1.807) is 17.0 Å². The number of carbonyl (C=O) groups is 3. The first-order valence-corrected chi connectivity index (χ1v) is 9.48. The predicted molar refractivity (Wildman–Crippen MR) is 104 cm³/mol. The van der Waals surface area contributed by atoms with Crippen LogP contribution in [0.25, 0.3) is 0 Å². The van der Waals surface area contributed by atoms with Crippen molar-refractivity contribution in [2.45, 2.75) is 13.5 Å². The van der Waals surface area contributed by atoms with Gasteiger partial charge in [-0.05, 0) is 17.7 Å². The number of rotatable bonds is 6. The first kappa shape index (κ1) is 19.6. The molecular weight excluding hydrogens is 391 g/mol. The van der Waals surface area contributed by atoms with Crippen LogP contribution in [0.4, 0.5) is 4.39 Å². The summed E-state index contributed by atoms with van der Waals surface area (Å²) < 4.78 is 14.8. The number of nitrogens with one attached hydrogen (secondary N) is 2. The monoisotopic (exact) mass is 412 g/mol. The molecule has 1 aromatic carbocycles. The van der Waals surface area contributed by atoms with Gasteiger partial charge in [-0.3, -0.25) is 19.1 Å². The van der Waals surface area contributed by atoms with E-state index in [-0.39, 0.29) is 53.7 Å². The lowest BCUT2D eigenvalue weighted by molar-refractivity contribution is -0.119. The molecule has 9 nitrogen and oxygen atoms in total. The fraction of sp³-hybridized carbons (Fsp3) is 0.300. The van der Waals surface area contributed by atoms with E-state index in [0.717, 1.165) is 0 Å². The Hall–Kier alpha value is -3.69. The molecule has 30 heavy (non-hydrogen) atoms. The summed E-state index contributed by atoms with van der Waals surface area (Å²) in [6.45, 7) is 2.69. The van der Waals surface area contributed by atoms with Crippen LogP contribution in [0, 0.1) is 17.7 Å². The fourth-order valence-electron chi connectivity index (χ4n) is 3.39. The molecule has 2 heterocycles. The van der Waals surface area contributed by atoms with Crippen LogP contribution in [0.5, 0.6) is 0 Å². The third-order valence-corrected chi connectivity index (χ3v) is 5.35. The third-order valence-electron chi connectivity index (χ3n) is 5.35. The zero-order chi connectivity index (χ0) is 21.4. The van der Waals surface area contributed by atoms with Gasteiger partial charge in [-0.1, -0.05) is 19.1 Å². The summed E-state index contributed by atoms with van der Waals surface area (Å²) in [5, 5.41) is 9.28. The van der Waals surface area contributed by atoms with Gasteiger partial charge in [-0.25, -0.2) is 4.39 Å². The number of nitrogens with two attached hydrogens (primary N) is 1. The first-order valence-electron chi connectivity index (χ1n) is 9.48. The highest BCUT2D eigenvalue weighted by atomic mass is 19.1. The summed E-state index contributed by atoms with van der Waals surface area (Å²) in [7, 11) is 0.